The molecule has 0 radical (unpaired) electrons. The number of amides is 1. The lowest BCUT2D eigenvalue weighted by atomic mass is 9.95. The van der Waals surface area contributed by atoms with Gasteiger partial charge >= 0.3 is 0 Å². The Labute approximate surface area is 115 Å². The van der Waals surface area contributed by atoms with Crippen LogP contribution in [0.3, 0.4) is 0 Å². The van der Waals surface area contributed by atoms with Crippen LogP contribution >= 0.6 is 0 Å². The van der Waals surface area contributed by atoms with Crippen LogP contribution in [0.2, 0.25) is 0 Å². The van der Waals surface area contributed by atoms with Gasteiger partial charge in [0.05, 0.1) is 6.04 Å². The number of benzene rings is 1. The van der Waals surface area contributed by atoms with Crippen LogP contribution in [0.5, 0.6) is 0 Å². The van der Waals surface area contributed by atoms with Crippen LogP contribution in [0.15, 0.2) is 24.3 Å². The second-order valence-electron chi connectivity index (χ2n) is 5.75. The van der Waals surface area contributed by atoms with Gasteiger partial charge in [0.25, 0.3) is 0 Å². The number of nitrogens with one attached hydrogen (secondary N) is 1. The predicted octanol–water partition coefficient (Wildman–Crippen LogP) is 1.96. The molecule has 1 aromatic carbocycles. The second kappa shape index (κ2) is 5.33. The minimum absolute atomic E-state index is 0.0227. The van der Waals surface area contributed by atoms with Gasteiger partial charge in [0.1, 0.15) is 0 Å². The Bertz CT molecular complexity index is 472. The molecule has 1 unspecified atom stereocenters. The van der Waals surface area contributed by atoms with Gasteiger partial charge in [-0.15, -0.1) is 0 Å². The van der Waals surface area contributed by atoms with Crippen LogP contribution in [-0.2, 0) is 17.8 Å². The maximum absolute atomic E-state index is 12.5. The van der Waals surface area contributed by atoms with E-state index < -0.39 is 0 Å². The molecule has 2 aliphatic rings. The van der Waals surface area contributed by atoms with Crippen molar-refractivity contribution in [3.8, 4) is 0 Å². The van der Waals surface area contributed by atoms with Crippen molar-refractivity contribution in [2.45, 2.75) is 38.8 Å². The first-order chi connectivity index (χ1) is 9.28. The molecule has 2 aliphatic heterocycles. The molecule has 102 valence electrons. The Morgan fingerprint density at radius 3 is 2.89 bits per heavy atom. The third-order valence-corrected chi connectivity index (χ3v) is 4.55. The Hall–Kier alpha value is -1.35. The van der Waals surface area contributed by atoms with E-state index in [1.54, 1.807) is 0 Å². The maximum Gasteiger partial charge on any atom is 0.240 e. The quantitative estimate of drug-likeness (QED) is 0.879. The SMILES string of the molecule is CCC1CCN(C(=O)[C@H]2Cc3ccccc3CN2)C1. The standard InChI is InChI=1S/C16H22N2O/c1-2-12-7-8-18(11-12)16(19)15-9-13-5-3-4-6-14(13)10-17-15/h3-6,12,15,17H,2,7-11H2,1H3/t12?,15-/m1/s1. The van der Waals surface area contributed by atoms with Crippen LogP contribution in [0, 0.1) is 5.92 Å². The van der Waals surface area contributed by atoms with Gasteiger partial charge in [0.2, 0.25) is 5.91 Å². The average Bonchev–Trinajstić information content (AvgIpc) is 2.95. The number of hydrogen-bond acceptors (Lipinski definition) is 2. The number of carbonyl (C=O) groups excluding carboxylic acids is 1. The van der Waals surface area contributed by atoms with Gasteiger partial charge in [-0.3, -0.25) is 4.79 Å². The summed E-state index contributed by atoms with van der Waals surface area (Å²) in [6, 6.07) is 8.40. The van der Waals surface area contributed by atoms with E-state index in [2.05, 4.69) is 41.4 Å². The Balaban J connectivity index is 1.66. The lowest BCUT2D eigenvalue weighted by Crippen LogP contribution is -2.48. The topological polar surface area (TPSA) is 32.3 Å². The van der Waals surface area contributed by atoms with Crippen molar-refractivity contribution in [1.82, 2.24) is 10.2 Å². The van der Waals surface area contributed by atoms with Crippen molar-refractivity contribution in [2.24, 2.45) is 5.92 Å². The van der Waals surface area contributed by atoms with Gasteiger partial charge in [0, 0.05) is 19.6 Å². The molecule has 2 atom stereocenters. The zero-order valence-electron chi connectivity index (χ0n) is 11.6. The molecule has 0 spiro atoms. The molecule has 19 heavy (non-hydrogen) atoms. The molecule has 0 aliphatic carbocycles. The molecule has 0 aromatic heterocycles. The Morgan fingerprint density at radius 1 is 1.37 bits per heavy atom. The largest absolute Gasteiger partial charge is 0.341 e. The van der Waals surface area contributed by atoms with E-state index in [1.807, 2.05) is 0 Å². The van der Waals surface area contributed by atoms with Gasteiger partial charge in [-0.1, -0.05) is 37.6 Å². The number of carbonyl (C=O) groups is 1. The molecule has 0 bridgehead atoms. The minimum atomic E-state index is -0.0227. The molecule has 1 fully saturated rings. The van der Waals surface area contributed by atoms with Gasteiger partial charge in [-0.2, -0.15) is 0 Å². The van der Waals surface area contributed by atoms with Crippen molar-refractivity contribution in [3.05, 3.63) is 35.4 Å². The summed E-state index contributed by atoms with van der Waals surface area (Å²) in [6.07, 6.45) is 3.19. The summed E-state index contributed by atoms with van der Waals surface area (Å²) in [5, 5.41) is 3.39. The number of likely N-dealkylation sites (tertiary alicyclic amines) is 1. The summed E-state index contributed by atoms with van der Waals surface area (Å²) in [5.41, 5.74) is 2.66. The lowest BCUT2D eigenvalue weighted by Gasteiger charge is -2.29. The minimum Gasteiger partial charge on any atom is -0.341 e. The maximum atomic E-state index is 12.5. The van der Waals surface area contributed by atoms with E-state index in [0.717, 1.165) is 26.1 Å². The van der Waals surface area contributed by atoms with E-state index in [1.165, 1.54) is 24.0 Å². The zero-order valence-corrected chi connectivity index (χ0v) is 11.6. The Kier molecular flexibility index (Phi) is 3.56. The van der Waals surface area contributed by atoms with E-state index in [0.29, 0.717) is 11.8 Å². The molecular weight excluding hydrogens is 236 g/mol. The molecule has 3 nitrogen and oxygen atoms in total. The summed E-state index contributed by atoms with van der Waals surface area (Å²) in [5.74, 6) is 1.00. The van der Waals surface area contributed by atoms with E-state index >= 15 is 0 Å². The summed E-state index contributed by atoms with van der Waals surface area (Å²) < 4.78 is 0. The number of fused-ring (bicyclic) bond motifs is 1. The van der Waals surface area contributed by atoms with Crippen LogP contribution < -0.4 is 5.32 Å². The molecule has 1 saturated heterocycles. The normalized spacial score (nSPS) is 26.3. The summed E-state index contributed by atoms with van der Waals surface area (Å²) >= 11 is 0. The van der Waals surface area contributed by atoms with Crippen molar-refractivity contribution in [3.63, 3.8) is 0 Å². The van der Waals surface area contributed by atoms with E-state index in [-0.39, 0.29) is 6.04 Å². The molecular formula is C16H22N2O. The van der Waals surface area contributed by atoms with E-state index in [9.17, 15) is 4.79 Å². The Morgan fingerprint density at radius 2 is 2.16 bits per heavy atom. The predicted molar refractivity (Wildman–Crippen MR) is 75.8 cm³/mol. The number of rotatable bonds is 2. The molecule has 1 aromatic rings. The summed E-state index contributed by atoms with van der Waals surface area (Å²) in [4.78, 5) is 14.6. The monoisotopic (exact) mass is 258 g/mol. The first kappa shape index (κ1) is 12.7. The van der Waals surface area contributed by atoms with Crippen LogP contribution in [0.4, 0.5) is 0 Å². The molecule has 0 saturated carbocycles. The van der Waals surface area contributed by atoms with Crippen molar-refractivity contribution in [2.75, 3.05) is 13.1 Å². The van der Waals surface area contributed by atoms with Gasteiger partial charge in [-0.05, 0) is 29.9 Å². The fraction of sp³-hybridized carbons (Fsp3) is 0.562. The molecule has 3 heteroatoms. The van der Waals surface area contributed by atoms with Gasteiger partial charge < -0.3 is 10.2 Å². The number of nitrogens with zero attached hydrogens (tertiary/aromatic N) is 1. The summed E-state index contributed by atoms with van der Waals surface area (Å²) in [7, 11) is 0. The average molecular weight is 258 g/mol. The highest BCUT2D eigenvalue weighted by Crippen LogP contribution is 2.22. The molecule has 2 heterocycles. The fourth-order valence-electron chi connectivity index (χ4n) is 3.22. The van der Waals surface area contributed by atoms with Crippen molar-refractivity contribution < 1.29 is 4.79 Å². The molecule has 1 N–H and O–H groups in total. The molecule has 1 amide bonds. The van der Waals surface area contributed by atoms with Gasteiger partial charge in [0.15, 0.2) is 0 Å². The summed E-state index contributed by atoms with van der Waals surface area (Å²) in [6.45, 7) is 4.93. The van der Waals surface area contributed by atoms with Crippen molar-refractivity contribution >= 4 is 5.91 Å². The fourth-order valence-corrected chi connectivity index (χ4v) is 3.22. The smallest absolute Gasteiger partial charge is 0.240 e. The number of hydrogen-bond donors (Lipinski definition) is 1. The third kappa shape index (κ3) is 2.52. The van der Waals surface area contributed by atoms with Crippen LogP contribution in [0.1, 0.15) is 30.9 Å². The lowest BCUT2D eigenvalue weighted by molar-refractivity contribution is -0.132. The third-order valence-electron chi connectivity index (χ3n) is 4.55. The highest BCUT2D eigenvalue weighted by atomic mass is 16.2. The van der Waals surface area contributed by atoms with E-state index in [4.69, 9.17) is 0 Å². The van der Waals surface area contributed by atoms with Crippen LogP contribution in [0.25, 0.3) is 0 Å². The highest BCUT2D eigenvalue weighted by molar-refractivity contribution is 5.82. The molecule has 3 rings (SSSR count). The first-order valence-corrected chi connectivity index (χ1v) is 7.37. The zero-order chi connectivity index (χ0) is 13.2. The van der Waals surface area contributed by atoms with Crippen molar-refractivity contribution in [1.29, 1.82) is 0 Å². The van der Waals surface area contributed by atoms with Crippen LogP contribution in [-0.4, -0.2) is 29.9 Å². The van der Waals surface area contributed by atoms with Gasteiger partial charge in [-0.25, -0.2) is 0 Å². The first-order valence-electron chi connectivity index (χ1n) is 7.37. The highest BCUT2D eigenvalue weighted by Gasteiger charge is 2.31. The second-order valence-corrected chi connectivity index (χ2v) is 5.75.